The molecule has 18 heavy (non-hydrogen) atoms. The lowest BCUT2D eigenvalue weighted by molar-refractivity contribution is 0.0632. The van der Waals surface area contributed by atoms with Crippen LogP contribution in [-0.4, -0.2) is 9.55 Å². The van der Waals surface area contributed by atoms with Gasteiger partial charge in [0.15, 0.2) is 5.82 Å². The quantitative estimate of drug-likeness (QED) is 0.846. The van der Waals surface area contributed by atoms with Gasteiger partial charge in [0.25, 0.3) is 0 Å². The summed E-state index contributed by atoms with van der Waals surface area (Å²) in [6.07, 6.45) is 2.53. The minimum absolute atomic E-state index is 0.0292. The molecule has 2 rings (SSSR count). The van der Waals surface area contributed by atoms with E-state index in [-0.39, 0.29) is 12.4 Å². The third kappa shape index (κ3) is 2.79. The molecule has 1 heterocycles. The van der Waals surface area contributed by atoms with Crippen molar-refractivity contribution in [1.82, 2.24) is 9.55 Å². The SMILES string of the molecule is Cc1ccc(Cl)cc1OCc1nccn1C(F)F. The van der Waals surface area contributed by atoms with E-state index in [0.717, 1.165) is 10.1 Å². The number of hydrogen-bond donors (Lipinski definition) is 0. The van der Waals surface area contributed by atoms with Crippen LogP contribution in [0, 0.1) is 6.92 Å². The first-order chi connectivity index (χ1) is 8.58. The highest BCUT2D eigenvalue weighted by Gasteiger charge is 2.12. The monoisotopic (exact) mass is 272 g/mol. The Morgan fingerprint density at radius 3 is 2.94 bits per heavy atom. The lowest BCUT2D eigenvalue weighted by Crippen LogP contribution is -2.07. The second-order valence-corrected chi connectivity index (χ2v) is 4.16. The van der Waals surface area contributed by atoms with Crippen molar-refractivity contribution in [1.29, 1.82) is 0 Å². The first kappa shape index (κ1) is 12.8. The Morgan fingerprint density at radius 1 is 1.44 bits per heavy atom. The van der Waals surface area contributed by atoms with Crippen LogP contribution < -0.4 is 4.74 Å². The van der Waals surface area contributed by atoms with Crippen LogP contribution in [0.3, 0.4) is 0 Å². The topological polar surface area (TPSA) is 27.1 Å². The number of imidazole rings is 1. The van der Waals surface area contributed by atoms with Crippen LogP contribution in [0.2, 0.25) is 5.02 Å². The Hall–Kier alpha value is -1.62. The molecule has 0 fully saturated rings. The Balaban J connectivity index is 2.11. The van der Waals surface area contributed by atoms with E-state index in [9.17, 15) is 8.78 Å². The molecule has 0 N–H and O–H groups in total. The third-order valence-electron chi connectivity index (χ3n) is 2.47. The number of aromatic nitrogens is 2. The van der Waals surface area contributed by atoms with Gasteiger partial charge in [-0.15, -0.1) is 0 Å². The molecule has 6 heteroatoms. The zero-order chi connectivity index (χ0) is 13.1. The lowest BCUT2D eigenvalue weighted by Gasteiger charge is -2.10. The molecule has 0 radical (unpaired) electrons. The summed E-state index contributed by atoms with van der Waals surface area (Å²) >= 11 is 5.84. The van der Waals surface area contributed by atoms with Gasteiger partial charge in [0.2, 0.25) is 0 Å². The predicted octanol–water partition coefficient (Wildman–Crippen LogP) is 3.82. The van der Waals surface area contributed by atoms with E-state index in [0.29, 0.717) is 10.8 Å². The average Bonchev–Trinajstić information content (AvgIpc) is 2.79. The molecule has 1 aromatic heterocycles. The smallest absolute Gasteiger partial charge is 0.320 e. The van der Waals surface area contributed by atoms with Gasteiger partial charge in [-0.25, -0.2) is 4.98 Å². The lowest BCUT2D eigenvalue weighted by atomic mass is 10.2. The molecule has 0 saturated carbocycles. The van der Waals surface area contributed by atoms with Gasteiger partial charge in [0.1, 0.15) is 12.4 Å². The molecule has 2 aromatic rings. The number of halogens is 3. The minimum atomic E-state index is -2.62. The van der Waals surface area contributed by atoms with Crippen molar-refractivity contribution in [3.05, 3.63) is 47.0 Å². The highest BCUT2D eigenvalue weighted by Crippen LogP contribution is 2.23. The first-order valence-electron chi connectivity index (χ1n) is 5.26. The Kier molecular flexibility index (Phi) is 3.81. The summed E-state index contributed by atoms with van der Waals surface area (Å²) in [4.78, 5) is 3.83. The summed E-state index contributed by atoms with van der Waals surface area (Å²) in [5.74, 6) is 0.732. The Bertz CT molecular complexity index is 543. The molecule has 0 atom stereocenters. The average molecular weight is 273 g/mol. The highest BCUT2D eigenvalue weighted by molar-refractivity contribution is 6.30. The van der Waals surface area contributed by atoms with Crippen molar-refractivity contribution in [2.45, 2.75) is 20.1 Å². The summed E-state index contributed by atoms with van der Waals surface area (Å²) in [6, 6.07) is 5.19. The van der Waals surface area contributed by atoms with Crippen LogP contribution in [0.1, 0.15) is 17.9 Å². The van der Waals surface area contributed by atoms with E-state index in [1.54, 1.807) is 18.2 Å². The van der Waals surface area contributed by atoms with Crippen LogP contribution in [0.15, 0.2) is 30.6 Å². The van der Waals surface area contributed by atoms with Crippen LogP contribution in [0.25, 0.3) is 0 Å². The highest BCUT2D eigenvalue weighted by atomic mass is 35.5. The summed E-state index contributed by atoms with van der Waals surface area (Å²) in [6.45, 7) is -0.796. The molecule has 0 aliphatic rings. The van der Waals surface area contributed by atoms with Gasteiger partial charge in [0, 0.05) is 17.4 Å². The Morgan fingerprint density at radius 2 is 2.22 bits per heavy atom. The van der Waals surface area contributed by atoms with Gasteiger partial charge in [-0.1, -0.05) is 17.7 Å². The standard InChI is InChI=1S/C12H11ClF2N2O/c1-8-2-3-9(13)6-10(8)18-7-11-16-4-5-17(11)12(14)15/h2-6,12H,7H2,1H3. The van der Waals surface area contributed by atoms with Crippen LogP contribution in [0.4, 0.5) is 8.78 Å². The second-order valence-electron chi connectivity index (χ2n) is 3.73. The summed E-state index contributed by atoms with van der Waals surface area (Å²) in [5.41, 5.74) is 0.884. The van der Waals surface area contributed by atoms with Crippen LogP contribution in [0.5, 0.6) is 5.75 Å². The van der Waals surface area contributed by atoms with Crippen LogP contribution >= 0.6 is 11.6 Å². The van der Waals surface area contributed by atoms with E-state index in [2.05, 4.69) is 4.98 Å². The predicted molar refractivity (Wildman–Crippen MR) is 64.0 cm³/mol. The minimum Gasteiger partial charge on any atom is -0.485 e. The van der Waals surface area contributed by atoms with Crippen LogP contribution in [-0.2, 0) is 6.61 Å². The number of benzene rings is 1. The number of nitrogens with zero attached hydrogens (tertiary/aromatic N) is 2. The summed E-state index contributed by atoms with van der Waals surface area (Å²) in [7, 11) is 0. The molecule has 0 aliphatic carbocycles. The van der Waals surface area contributed by atoms with Crippen molar-refractivity contribution in [2.75, 3.05) is 0 Å². The van der Waals surface area contributed by atoms with Crippen molar-refractivity contribution in [3.63, 3.8) is 0 Å². The molecule has 0 aliphatic heterocycles. The molecule has 0 bridgehead atoms. The van der Waals surface area contributed by atoms with Crippen molar-refractivity contribution >= 4 is 11.6 Å². The van der Waals surface area contributed by atoms with Gasteiger partial charge >= 0.3 is 6.55 Å². The largest absolute Gasteiger partial charge is 0.485 e. The maximum Gasteiger partial charge on any atom is 0.320 e. The van der Waals surface area contributed by atoms with Gasteiger partial charge in [-0.3, -0.25) is 4.57 Å². The number of hydrogen-bond acceptors (Lipinski definition) is 2. The van der Waals surface area contributed by atoms with E-state index >= 15 is 0 Å². The van der Waals surface area contributed by atoms with Gasteiger partial charge in [-0.2, -0.15) is 8.78 Å². The van der Waals surface area contributed by atoms with E-state index in [1.807, 2.05) is 6.92 Å². The molecule has 96 valence electrons. The van der Waals surface area contributed by atoms with E-state index < -0.39 is 6.55 Å². The molecule has 3 nitrogen and oxygen atoms in total. The van der Waals surface area contributed by atoms with Gasteiger partial charge in [0.05, 0.1) is 0 Å². The summed E-state index contributed by atoms with van der Waals surface area (Å²) in [5, 5.41) is 0.535. The summed E-state index contributed by atoms with van der Waals surface area (Å²) < 4.78 is 31.4. The van der Waals surface area contributed by atoms with Gasteiger partial charge < -0.3 is 4.74 Å². The molecular weight excluding hydrogens is 262 g/mol. The second kappa shape index (κ2) is 5.35. The number of alkyl halides is 2. The molecule has 1 aromatic carbocycles. The fourth-order valence-electron chi connectivity index (χ4n) is 1.51. The fourth-order valence-corrected chi connectivity index (χ4v) is 1.67. The molecule has 0 spiro atoms. The van der Waals surface area contributed by atoms with E-state index in [4.69, 9.17) is 16.3 Å². The molecular formula is C12H11ClF2N2O. The first-order valence-corrected chi connectivity index (χ1v) is 5.64. The molecule has 0 saturated heterocycles. The van der Waals surface area contributed by atoms with E-state index in [1.165, 1.54) is 12.4 Å². The van der Waals surface area contributed by atoms with Crippen molar-refractivity contribution < 1.29 is 13.5 Å². The van der Waals surface area contributed by atoms with Crippen molar-refractivity contribution in [2.24, 2.45) is 0 Å². The maximum atomic E-state index is 12.6. The molecule has 0 amide bonds. The fraction of sp³-hybridized carbons (Fsp3) is 0.250. The zero-order valence-electron chi connectivity index (χ0n) is 9.61. The third-order valence-corrected chi connectivity index (χ3v) is 2.70. The maximum absolute atomic E-state index is 12.6. The zero-order valence-corrected chi connectivity index (χ0v) is 10.4. The number of aryl methyl sites for hydroxylation is 1. The normalized spacial score (nSPS) is 10.9. The molecule has 0 unspecified atom stereocenters. The van der Waals surface area contributed by atoms with Gasteiger partial charge in [-0.05, 0) is 24.6 Å². The number of ether oxygens (including phenoxy) is 1. The Labute approximate surface area is 108 Å². The van der Waals surface area contributed by atoms with Crippen molar-refractivity contribution in [3.8, 4) is 5.75 Å². The number of rotatable bonds is 4.